The van der Waals surface area contributed by atoms with Crippen LogP contribution >= 0.6 is 38.6 Å². The summed E-state index contributed by atoms with van der Waals surface area (Å²) in [7, 11) is 2.02. The Morgan fingerprint density at radius 2 is 1.95 bits per heavy atom. The van der Waals surface area contributed by atoms with Crippen molar-refractivity contribution in [2.75, 3.05) is 7.05 Å². The van der Waals surface area contributed by atoms with Crippen molar-refractivity contribution in [2.24, 2.45) is 0 Å². The molecular formula is C15H14BrNS2. The number of rotatable bonds is 3. The number of fused-ring (bicyclic) bond motifs is 1. The lowest BCUT2D eigenvalue weighted by Gasteiger charge is -2.13. The fourth-order valence-corrected chi connectivity index (χ4v) is 5.51. The second kappa shape index (κ2) is 5.37. The third-order valence-corrected chi connectivity index (χ3v) is 6.33. The van der Waals surface area contributed by atoms with Gasteiger partial charge in [-0.15, -0.1) is 22.7 Å². The molecule has 0 radical (unpaired) electrons. The molecule has 4 heteroatoms. The summed E-state index contributed by atoms with van der Waals surface area (Å²) in [6.45, 7) is 2.15. The van der Waals surface area contributed by atoms with Gasteiger partial charge >= 0.3 is 0 Å². The predicted molar refractivity (Wildman–Crippen MR) is 89.5 cm³/mol. The van der Waals surface area contributed by atoms with Crippen molar-refractivity contribution in [3.63, 3.8) is 0 Å². The highest BCUT2D eigenvalue weighted by atomic mass is 79.9. The molecule has 0 bridgehead atoms. The second-order valence-electron chi connectivity index (χ2n) is 4.48. The Balaban J connectivity index is 2.09. The van der Waals surface area contributed by atoms with Gasteiger partial charge in [0.15, 0.2) is 0 Å². The van der Waals surface area contributed by atoms with Crippen LogP contribution < -0.4 is 5.32 Å². The Kier molecular flexibility index (Phi) is 3.76. The predicted octanol–water partition coefficient (Wildman–Crippen LogP) is 5.34. The normalized spacial score (nSPS) is 13.0. The SMILES string of the molecule is CNC(c1cc2ccccc2s1)c1sc(C)cc1Br. The number of aryl methyl sites for hydroxylation is 1. The van der Waals surface area contributed by atoms with Crippen LogP contribution in [0, 0.1) is 6.92 Å². The molecule has 3 rings (SSSR count). The number of nitrogens with one attached hydrogen (secondary N) is 1. The maximum absolute atomic E-state index is 3.67. The van der Waals surface area contributed by atoms with Gasteiger partial charge in [0, 0.05) is 23.8 Å². The molecule has 0 amide bonds. The van der Waals surface area contributed by atoms with Gasteiger partial charge in [0.05, 0.1) is 6.04 Å². The molecule has 0 spiro atoms. The van der Waals surface area contributed by atoms with Gasteiger partial charge in [-0.05, 0) is 53.5 Å². The van der Waals surface area contributed by atoms with E-state index in [-0.39, 0.29) is 6.04 Å². The molecule has 3 aromatic rings. The van der Waals surface area contributed by atoms with E-state index in [0.717, 1.165) is 0 Å². The quantitative estimate of drug-likeness (QED) is 0.671. The van der Waals surface area contributed by atoms with E-state index in [1.165, 1.54) is 29.2 Å². The Morgan fingerprint density at radius 1 is 1.16 bits per heavy atom. The maximum atomic E-state index is 3.67. The first kappa shape index (κ1) is 13.3. The molecule has 1 aromatic carbocycles. The molecule has 1 nitrogen and oxygen atoms in total. The second-order valence-corrected chi connectivity index (χ2v) is 7.74. The minimum Gasteiger partial charge on any atom is -0.308 e. The highest BCUT2D eigenvalue weighted by Crippen LogP contribution is 2.39. The van der Waals surface area contributed by atoms with E-state index >= 15 is 0 Å². The summed E-state index contributed by atoms with van der Waals surface area (Å²) in [5, 5.41) is 4.77. The van der Waals surface area contributed by atoms with Crippen LogP contribution in [0.15, 0.2) is 40.9 Å². The van der Waals surface area contributed by atoms with Gasteiger partial charge in [-0.3, -0.25) is 0 Å². The topological polar surface area (TPSA) is 12.0 Å². The van der Waals surface area contributed by atoms with E-state index < -0.39 is 0 Å². The van der Waals surface area contributed by atoms with E-state index in [0.29, 0.717) is 0 Å². The number of benzene rings is 1. The van der Waals surface area contributed by atoms with Gasteiger partial charge in [-0.25, -0.2) is 0 Å². The minimum absolute atomic E-state index is 0.269. The Bertz CT molecular complexity index is 681. The van der Waals surface area contributed by atoms with E-state index in [4.69, 9.17) is 0 Å². The molecule has 0 aliphatic rings. The van der Waals surface area contributed by atoms with Gasteiger partial charge in [0.25, 0.3) is 0 Å². The highest BCUT2D eigenvalue weighted by molar-refractivity contribution is 9.10. The lowest BCUT2D eigenvalue weighted by molar-refractivity contribution is 0.714. The largest absolute Gasteiger partial charge is 0.308 e. The monoisotopic (exact) mass is 351 g/mol. The summed E-state index contributed by atoms with van der Waals surface area (Å²) < 4.78 is 2.55. The lowest BCUT2D eigenvalue weighted by atomic mass is 10.2. The van der Waals surface area contributed by atoms with Crippen LogP contribution in [0.25, 0.3) is 10.1 Å². The molecule has 98 valence electrons. The summed E-state index contributed by atoms with van der Waals surface area (Å²) in [4.78, 5) is 4.06. The number of hydrogen-bond donors (Lipinski definition) is 1. The summed E-state index contributed by atoms with van der Waals surface area (Å²) in [6.07, 6.45) is 0. The van der Waals surface area contributed by atoms with Crippen LogP contribution in [0.5, 0.6) is 0 Å². The molecule has 1 N–H and O–H groups in total. The molecule has 2 aromatic heterocycles. The number of thiophene rings is 2. The van der Waals surface area contributed by atoms with Gasteiger partial charge in [0.1, 0.15) is 0 Å². The van der Waals surface area contributed by atoms with E-state index in [1.54, 1.807) is 0 Å². The van der Waals surface area contributed by atoms with Crippen LogP contribution in [0.2, 0.25) is 0 Å². The van der Waals surface area contributed by atoms with Crippen LogP contribution in [-0.2, 0) is 0 Å². The number of hydrogen-bond acceptors (Lipinski definition) is 3. The minimum atomic E-state index is 0.269. The van der Waals surface area contributed by atoms with Gasteiger partial charge in [0.2, 0.25) is 0 Å². The summed E-state index contributed by atoms with van der Waals surface area (Å²) in [5.74, 6) is 0. The molecule has 0 fully saturated rings. The zero-order chi connectivity index (χ0) is 13.4. The molecule has 0 aliphatic carbocycles. The first-order valence-electron chi connectivity index (χ1n) is 6.10. The van der Waals surface area contributed by atoms with Gasteiger partial charge < -0.3 is 5.32 Å². The molecule has 19 heavy (non-hydrogen) atoms. The summed E-state index contributed by atoms with van der Waals surface area (Å²) in [6, 6.07) is 13.3. The van der Waals surface area contributed by atoms with E-state index in [2.05, 4.69) is 64.6 Å². The Labute approximate surface area is 129 Å². The molecule has 1 unspecified atom stereocenters. The van der Waals surface area contributed by atoms with Crippen molar-refractivity contribution < 1.29 is 0 Å². The third kappa shape index (κ3) is 2.50. The van der Waals surface area contributed by atoms with Crippen molar-refractivity contribution in [2.45, 2.75) is 13.0 Å². The average Bonchev–Trinajstić information content (AvgIpc) is 2.94. The van der Waals surface area contributed by atoms with Crippen LogP contribution in [0.3, 0.4) is 0 Å². The average molecular weight is 352 g/mol. The zero-order valence-corrected chi connectivity index (χ0v) is 14.0. The molecular weight excluding hydrogens is 338 g/mol. The smallest absolute Gasteiger partial charge is 0.0774 e. The third-order valence-electron chi connectivity index (χ3n) is 3.12. The van der Waals surface area contributed by atoms with Crippen molar-refractivity contribution in [1.82, 2.24) is 5.32 Å². The number of halogens is 1. The van der Waals surface area contributed by atoms with Crippen molar-refractivity contribution in [1.29, 1.82) is 0 Å². The van der Waals surface area contributed by atoms with Crippen LogP contribution in [0.4, 0.5) is 0 Å². The molecule has 0 aliphatic heterocycles. The van der Waals surface area contributed by atoms with Crippen LogP contribution in [0.1, 0.15) is 20.7 Å². The lowest BCUT2D eigenvalue weighted by Crippen LogP contribution is -2.15. The van der Waals surface area contributed by atoms with E-state index in [9.17, 15) is 0 Å². The Hall–Kier alpha value is -0.680. The van der Waals surface area contributed by atoms with Gasteiger partial charge in [-0.1, -0.05) is 18.2 Å². The maximum Gasteiger partial charge on any atom is 0.0774 e. The molecule has 0 saturated heterocycles. The first-order chi connectivity index (χ1) is 9.19. The molecule has 1 atom stereocenters. The van der Waals surface area contributed by atoms with Crippen molar-refractivity contribution in [3.05, 3.63) is 55.5 Å². The fourth-order valence-electron chi connectivity index (χ4n) is 2.25. The summed E-state index contributed by atoms with van der Waals surface area (Å²) in [5.41, 5.74) is 0. The first-order valence-corrected chi connectivity index (χ1v) is 8.53. The summed E-state index contributed by atoms with van der Waals surface area (Å²) >= 11 is 7.39. The highest BCUT2D eigenvalue weighted by Gasteiger charge is 2.19. The molecule has 2 heterocycles. The zero-order valence-electron chi connectivity index (χ0n) is 10.7. The standard InChI is InChI=1S/C15H14BrNS2/c1-9-7-11(16)15(18-9)14(17-2)13-8-10-5-3-4-6-12(10)19-13/h3-8,14,17H,1-2H3. The fraction of sp³-hybridized carbons (Fsp3) is 0.200. The molecule has 0 saturated carbocycles. The Morgan fingerprint density at radius 3 is 2.58 bits per heavy atom. The van der Waals surface area contributed by atoms with Crippen LogP contribution in [-0.4, -0.2) is 7.05 Å². The van der Waals surface area contributed by atoms with Crippen molar-refractivity contribution >= 4 is 48.7 Å². The van der Waals surface area contributed by atoms with Crippen molar-refractivity contribution in [3.8, 4) is 0 Å². The van der Waals surface area contributed by atoms with Gasteiger partial charge in [-0.2, -0.15) is 0 Å². The van der Waals surface area contributed by atoms with E-state index in [1.807, 2.05) is 29.7 Å².